The van der Waals surface area contributed by atoms with Gasteiger partial charge < -0.3 is 25.2 Å². The second kappa shape index (κ2) is 8.46. The van der Waals surface area contributed by atoms with E-state index in [1.165, 1.54) is 7.11 Å². The van der Waals surface area contributed by atoms with Gasteiger partial charge in [-0.15, -0.1) is 0 Å². The van der Waals surface area contributed by atoms with Crippen LogP contribution in [0.1, 0.15) is 32.1 Å². The molecule has 0 aliphatic heterocycles. The summed E-state index contributed by atoms with van der Waals surface area (Å²) in [6.07, 6.45) is 2.43. The van der Waals surface area contributed by atoms with Crippen molar-refractivity contribution in [3.8, 4) is 0 Å². The van der Waals surface area contributed by atoms with E-state index in [2.05, 4.69) is 15.4 Å². The molecule has 3 atom stereocenters. The Bertz CT molecular complexity index is 387. The maximum atomic E-state index is 11.8. The molecule has 0 aromatic heterocycles. The first-order chi connectivity index (χ1) is 9.96. The molecule has 0 spiro atoms. The highest BCUT2D eigenvalue weighted by atomic mass is 16.5. The van der Waals surface area contributed by atoms with Crippen LogP contribution in [0.4, 0.5) is 4.79 Å². The number of rotatable bonds is 7. The summed E-state index contributed by atoms with van der Waals surface area (Å²) in [5, 5.41) is 14.1. The molecular formula is C13H22N2O6. The lowest BCUT2D eigenvalue weighted by Gasteiger charge is -2.17. The zero-order valence-corrected chi connectivity index (χ0v) is 12.3. The van der Waals surface area contributed by atoms with Crippen LogP contribution in [0.25, 0.3) is 0 Å². The SMILES string of the molecule is COC(=O)CC[C@@H](NC(=O)NC1CCC(OC)C1)C(=O)O. The van der Waals surface area contributed by atoms with Crippen molar-refractivity contribution in [3.05, 3.63) is 0 Å². The maximum absolute atomic E-state index is 11.8. The predicted octanol–water partition coefficient (Wildman–Crippen LogP) is 0.260. The van der Waals surface area contributed by atoms with Crippen LogP contribution in [0.3, 0.4) is 0 Å². The highest BCUT2D eigenvalue weighted by Crippen LogP contribution is 2.21. The molecule has 1 rings (SSSR count). The van der Waals surface area contributed by atoms with Gasteiger partial charge in [0.15, 0.2) is 0 Å². The topological polar surface area (TPSA) is 114 Å². The number of urea groups is 1. The zero-order valence-electron chi connectivity index (χ0n) is 12.3. The van der Waals surface area contributed by atoms with Gasteiger partial charge >= 0.3 is 18.0 Å². The third-order valence-corrected chi connectivity index (χ3v) is 3.52. The van der Waals surface area contributed by atoms with Crippen molar-refractivity contribution in [2.45, 2.75) is 50.3 Å². The normalized spacial score (nSPS) is 22.4. The van der Waals surface area contributed by atoms with Crippen molar-refractivity contribution in [3.63, 3.8) is 0 Å². The second-order valence-electron chi connectivity index (χ2n) is 4.99. The van der Waals surface area contributed by atoms with Gasteiger partial charge in [0.1, 0.15) is 6.04 Å². The lowest BCUT2D eigenvalue weighted by Crippen LogP contribution is -2.48. The molecule has 120 valence electrons. The molecule has 0 aromatic rings. The molecule has 0 bridgehead atoms. The van der Waals surface area contributed by atoms with Crippen molar-refractivity contribution in [1.82, 2.24) is 10.6 Å². The summed E-state index contributed by atoms with van der Waals surface area (Å²) < 4.78 is 9.65. The number of carboxylic acids is 1. The van der Waals surface area contributed by atoms with Gasteiger partial charge in [-0.05, 0) is 25.7 Å². The molecule has 1 aliphatic carbocycles. The van der Waals surface area contributed by atoms with Gasteiger partial charge in [0.25, 0.3) is 0 Å². The Labute approximate surface area is 123 Å². The van der Waals surface area contributed by atoms with E-state index in [4.69, 9.17) is 9.84 Å². The number of carboxylic acid groups (broad SMARTS) is 1. The zero-order chi connectivity index (χ0) is 15.8. The fraction of sp³-hybridized carbons (Fsp3) is 0.769. The molecule has 8 nitrogen and oxygen atoms in total. The van der Waals surface area contributed by atoms with Gasteiger partial charge in [0.05, 0.1) is 13.2 Å². The number of nitrogens with one attached hydrogen (secondary N) is 2. The molecule has 8 heteroatoms. The molecule has 2 amide bonds. The van der Waals surface area contributed by atoms with Crippen LogP contribution < -0.4 is 10.6 Å². The lowest BCUT2D eigenvalue weighted by atomic mass is 10.1. The number of ether oxygens (including phenoxy) is 2. The van der Waals surface area contributed by atoms with Crippen molar-refractivity contribution in [1.29, 1.82) is 0 Å². The molecule has 0 aromatic carbocycles. The van der Waals surface area contributed by atoms with Gasteiger partial charge in [-0.3, -0.25) is 4.79 Å². The first kappa shape index (κ1) is 17.2. The number of hydrogen-bond acceptors (Lipinski definition) is 5. The summed E-state index contributed by atoms with van der Waals surface area (Å²) in [7, 11) is 2.85. The molecule has 21 heavy (non-hydrogen) atoms. The summed E-state index contributed by atoms with van der Waals surface area (Å²) in [4.78, 5) is 33.9. The minimum absolute atomic E-state index is 0.0131. The number of esters is 1. The Kier molecular flexibility index (Phi) is 6.93. The van der Waals surface area contributed by atoms with Crippen LogP contribution in [-0.4, -0.2) is 55.5 Å². The van der Waals surface area contributed by atoms with E-state index in [-0.39, 0.29) is 25.0 Å². The predicted molar refractivity (Wildman–Crippen MR) is 72.8 cm³/mol. The molecular weight excluding hydrogens is 280 g/mol. The first-order valence-electron chi connectivity index (χ1n) is 6.85. The molecule has 1 saturated carbocycles. The number of methoxy groups -OCH3 is 2. The lowest BCUT2D eigenvalue weighted by molar-refractivity contribution is -0.142. The maximum Gasteiger partial charge on any atom is 0.326 e. The van der Waals surface area contributed by atoms with Crippen molar-refractivity contribution >= 4 is 18.0 Å². The van der Waals surface area contributed by atoms with Crippen LogP contribution in [0.15, 0.2) is 0 Å². The Morgan fingerprint density at radius 3 is 2.52 bits per heavy atom. The van der Waals surface area contributed by atoms with E-state index in [1.54, 1.807) is 7.11 Å². The molecule has 0 radical (unpaired) electrons. The number of amides is 2. The summed E-state index contributed by atoms with van der Waals surface area (Å²) in [5.74, 6) is -1.70. The van der Waals surface area contributed by atoms with Crippen LogP contribution in [0.2, 0.25) is 0 Å². The second-order valence-corrected chi connectivity index (χ2v) is 4.99. The number of carbonyl (C=O) groups excluding carboxylic acids is 2. The van der Waals surface area contributed by atoms with Gasteiger partial charge in [0, 0.05) is 19.6 Å². The Morgan fingerprint density at radius 1 is 1.29 bits per heavy atom. The standard InChI is InChI=1S/C13H22N2O6/c1-20-9-4-3-8(7-9)14-13(19)15-10(12(17)18)5-6-11(16)21-2/h8-10H,3-7H2,1-2H3,(H,17,18)(H2,14,15,19)/t8?,9?,10-/m1/s1. The van der Waals surface area contributed by atoms with Gasteiger partial charge in [-0.1, -0.05) is 0 Å². The van der Waals surface area contributed by atoms with Crippen molar-refractivity contribution < 1.29 is 29.0 Å². The fourth-order valence-corrected chi connectivity index (χ4v) is 2.29. The fourth-order valence-electron chi connectivity index (χ4n) is 2.29. The van der Waals surface area contributed by atoms with E-state index in [0.717, 1.165) is 12.8 Å². The smallest absolute Gasteiger partial charge is 0.326 e. The highest BCUT2D eigenvalue weighted by Gasteiger charge is 2.27. The summed E-state index contributed by atoms with van der Waals surface area (Å²) in [6, 6.07) is -1.69. The third-order valence-electron chi connectivity index (χ3n) is 3.52. The van der Waals surface area contributed by atoms with E-state index in [0.29, 0.717) is 6.42 Å². The highest BCUT2D eigenvalue weighted by molar-refractivity contribution is 5.83. The van der Waals surface area contributed by atoms with Crippen molar-refractivity contribution in [2.24, 2.45) is 0 Å². The van der Waals surface area contributed by atoms with E-state index in [9.17, 15) is 14.4 Å². The van der Waals surface area contributed by atoms with Crippen molar-refractivity contribution in [2.75, 3.05) is 14.2 Å². The molecule has 0 heterocycles. The minimum Gasteiger partial charge on any atom is -0.480 e. The summed E-state index contributed by atoms with van der Waals surface area (Å²) in [5.41, 5.74) is 0. The largest absolute Gasteiger partial charge is 0.480 e. The van der Waals surface area contributed by atoms with Gasteiger partial charge in [-0.2, -0.15) is 0 Å². The molecule has 1 aliphatic rings. The van der Waals surface area contributed by atoms with Crippen LogP contribution in [0, 0.1) is 0 Å². The van der Waals surface area contributed by atoms with Gasteiger partial charge in [0.2, 0.25) is 0 Å². The van der Waals surface area contributed by atoms with Crippen LogP contribution in [0.5, 0.6) is 0 Å². The quantitative estimate of drug-likeness (QED) is 0.581. The average Bonchev–Trinajstić information content (AvgIpc) is 2.90. The van der Waals surface area contributed by atoms with E-state index < -0.39 is 24.0 Å². The Hall–Kier alpha value is -1.83. The Balaban J connectivity index is 2.38. The van der Waals surface area contributed by atoms with Crippen LogP contribution in [-0.2, 0) is 19.1 Å². The summed E-state index contributed by atoms with van der Waals surface area (Å²) >= 11 is 0. The van der Waals surface area contributed by atoms with E-state index in [1.807, 2.05) is 0 Å². The van der Waals surface area contributed by atoms with Gasteiger partial charge in [-0.25, -0.2) is 9.59 Å². The number of carbonyl (C=O) groups is 3. The molecule has 0 saturated heterocycles. The third kappa shape index (κ3) is 5.99. The monoisotopic (exact) mass is 302 g/mol. The van der Waals surface area contributed by atoms with E-state index >= 15 is 0 Å². The molecule has 3 N–H and O–H groups in total. The number of aliphatic carboxylic acids is 1. The Morgan fingerprint density at radius 2 is 2.00 bits per heavy atom. The van der Waals surface area contributed by atoms with Crippen LogP contribution >= 0.6 is 0 Å². The summed E-state index contributed by atoms with van der Waals surface area (Å²) in [6.45, 7) is 0. The molecule has 2 unspecified atom stereocenters. The molecule has 1 fully saturated rings. The minimum atomic E-state index is -1.18. The average molecular weight is 302 g/mol. The first-order valence-corrected chi connectivity index (χ1v) is 6.85. The number of hydrogen-bond donors (Lipinski definition) is 3.